The SMILES string of the molecule is COc1ccc(C(=O)N(CC(=O)Nc2nc(-c3ccc(C)cc3)cn2-c2ccc(C)cc2)CC2CCCO2)cc1. The van der Waals surface area contributed by atoms with E-state index < -0.39 is 0 Å². The fourth-order valence-corrected chi connectivity index (χ4v) is 4.74. The van der Waals surface area contributed by atoms with E-state index >= 15 is 0 Å². The van der Waals surface area contributed by atoms with E-state index in [0.29, 0.717) is 30.4 Å². The van der Waals surface area contributed by atoms with Crippen molar-refractivity contribution in [1.29, 1.82) is 0 Å². The number of carbonyl (C=O) groups excluding carboxylic acids is 2. The first kappa shape index (κ1) is 27.1. The molecule has 0 radical (unpaired) electrons. The minimum absolute atomic E-state index is 0.0994. The van der Waals surface area contributed by atoms with Crippen LogP contribution in [0.25, 0.3) is 16.9 Å². The van der Waals surface area contributed by atoms with E-state index in [1.54, 1.807) is 36.3 Å². The molecule has 0 bridgehead atoms. The van der Waals surface area contributed by atoms with Crippen LogP contribution in [0.1, 0.15) is 34.3 Å². The lowest BCUT2D eigenvalue weighted by Crippen LogP contribution is -2.42. The Morgan fingerprint density at radius 2 is 1.68 bits per heavy atom. The van der Waals surface area contributed by atoms with Crippen molar-refractivity contribution in [3.05, 3.63) is 95.7 Å². The van der Waals surface area contributed by atoms with Crippen molar-refractivity contribution < 1.29 is 19.1 Å². The summed E-state index contributed by atoms with van der Waals surface area (Å²) in [7, 11) is 1.58. The van der Waals surface area contributed by atoms with Gasteiger partial charge in [-0.25, -0.2) is 4.98 Å². The maximum atomic E-state index is 13.5. The van der Waals surface area contributed by atoms with E-state index in [0.717, 1.165) is 40.9 Å². The molecule has 206 valence electrons. The highest BCUT2D eigenvalue weighted by Gasteiger charge is 2.26. The number of nitrogens with one attached hydrogen (secondary N) is 1. The maximum Gasteiger partial charge on any atom is 0.254 e. The molecular formula is C32H34N4O4. The maximum absolute atomic E-state index is 13.5. The summed E-state index contributed by atoms with van der Waals surface area (Å²) in [6, 6.07) is 23.0. The lowest BCUT2D eigenvalue weighted by molar-refractivity contribution is -0.117. The van der Waals surface area contributed by atoms with Crippen LogP contribution in [0.3, 0.4) is 0 Å². The molecule has 0 saturated carbocycles. The summed E-state index contributed by atoms with van der Waals surface area (Å²) < 4.78 is 12.9. The van der Waals surface area contributed by atoms with Crippen molar-refractivity contribution in [3.8, 4) is 22.7 Å². The predicted octanol–water partition coefficient (Wildman–Crippen LogP) is 5.42. The van der Waals surface area contributed by atoms with Crippen molar-refractivity contribution in [2.24, 2.45) is 0 Å². The highest BCUT2D eigenvalue weighted by Crippen LogP contribution is 2.25. The van der Waals surface area contributed by atoms with Crippen molar-refractivity contribution in [2.75, 3.05) is 32.1 Å². The van der Waals surface area contributed by atoms with Gasteiger partial charge in [0.15, 0.2) is 0 Å². The number of hydrogen-bond acceptors (Lipinski definition) is 5. The Bertz CT molecular complexity index is 1450. The predicted molar refractivity (Wildman–Crippen MR) is 155 cm³/mol. The van der Waals surface area contributed by atoms with Crippen LogP contribution in [0.2, 0.25) is 0 Å². The third-order valence-electron chi connectivity index (χ3n) is 7.02. The third kappa shape index (κ3) is 6.40. The van der Waals surface area contributed by atoms with Crippen molar-refractivity contribution in [3.63, 3.8) is 0 Å². The van der Waals surface area contributed by atoms with Gasteiger partial charge in [-0.05, 0) is 63.1 Å². The first-order chi connectivity index (χ1) is 19.4. The Morgan fingerprint density at radius 3 is 2.30 bits per heavy atom. The molecule has 0 spiro atoms. The average Bonchev–Trinajstić information content (AvgIpc) is 3.63. The zero-order chi connectivity index (χ0) is 28.1. The number of anilines is 1. The first-order valence-corrected chi connectivity index (χ1v) is 13.5. The molecule has 8 nitrogen and oxygen atoms in total. The molecule has 1 aliphatic heterocycles. The van der Waals surface area contributed by atoms with Crippen LogP contribution in [-0.4, -0.2) is 59.2 Å². The van der Waals surface area contributed by atoms with Crippen LogP contribution >= 0.6 is 0 Å². The standard InChI is InChI=1S/C32H34N4O4/c1-22-6-10-24(11-7-22)29-20-36(26-14-8-23(2)9-15-26)32(33-29)34-30(37)21-35(19-28-5-4-18-40-28)31(38)25-12-16-27(39-3)17-13-25/h6-17,20,28H,4-5,18-19,21H2,1-3H3,(H,33,34,37). The molecule has 2 amide bonds. The fourth-order valence-electron chi connectivity index (χ4n) is 4.74. The van der Waals surface area contributed by atoms with Crippen molar-refractivity contribution in [1.82, 2.24) is 14.5 Å². The van der Waals surface area contributed by atoms with E-state index in [2.05, 4.69) is 5.32 Å². The van der Waals surface area contributed by atoms with Gasteiger partial charge in [0, 0.05) is 36.2 Å². The van der Waals surface area contributed by atoms with Crippen LogP contribution in [0.5, 0.6) is 5.75 Å². The molecule has 1 aliphatic rings. The Balaban J connectivity index is 1.40. The van der Waals surface area contributed by atoms with Gasteiger partial charge in [0.05, 0.1) is 18.9 Å². The van der Waals surface area contributed by atoms with E-state index in [4.69, 9.17) is 14.5 Å². The van der Waals surface area contributed by atoms with Crippen molar-refractivity contribution >= 4 is 17.8 Å². The number of amides is 2. The summed E-state index contributed by atoms with van der Waals surface area (Å²) in [6.07, 6.45) is 3.61. The summed E-state index contributed by atoms with van der Waals surface area (Å²) >= 11 is 0. The Labute approximate surface area is 234 Å². The first-order valence-electron chi connectivity index (χ1n) is 13.5. The number of aromatic nitrogens is 2. The molecule has 3 aromatic carbocycles. The lowest BCUT2D eigenvalue weighted by Gasteiger charge is -2.25. The summed E-state index contributed by atoms with van der Waals surface area (Å²) in [5, 5.41) is 2.96. The second-order valence-electron chi connectivity index (χ2n) is 10.1. The number of benzene rings is 3. The number of methoxy groups -OCH3 is 1. The van der Waals surface area contributed by atoms with E-state index in [1.807, 2.05) is 73.1 Å². The lowest BCUT2D eigenvalue weighted by atomic mass is 10.1. The number of nitrogens with zero attached hydrogens (tertiary/aromatic N) is 3. The molecule has 2 heterocycles. The number of rotatable bonds is 9. The number of aryl methyl sites for hydroxylation is 2. The van der Waals surface area contributed by atoms with Crippen LogP contribution in [0.15, 0.2) is 79.0 Å². The second kappa shape index (κ2) is 12.2. The van der Waals surface area contributed by atoms with E-state index in [-0.39, 0.29) is 24.5 Å². The molecule has 40 heavy (non-hydrogen) atoms. The Morgan fingerprint density at radius 1 is 1.00 bits per heavy atom. The molecule has 1 fully saturated rings. The fraction of sp³-hybridized carbons (Fsp3) is 0.281. The minimum Gasteiger partial charge on any atom is -0.497 e. The molecule has 1 unspecified atom stereocenters. The summed E-state index contributed by atoms with van der Waals surface area (Å²) in [4.78, 5) is 33.2. The van der Waals surface area contributed by atoms with Crippen molar-refractivity contribution in [2.45, 2.75) is 32.8 Å². The molecule has 1 atom stereocenters. The number of hydrogen-bond donors (Lipinski definition) is 1. The molecular weight excluding hydrogens is 504 g/mol. The second-order valence-corrected chi connectivity index (χ2v) is 10.1. The molecule has 1 aromatic heterocycles. The normalized spacial score (nSPS) is 14.6. The molecule has 4 aromatic rings. The number of ether oxygens (including phenoxy) is 2. The van der Waals surface area contributed by atoms with Gasteiger partial charge >= 0.3 is 0 Å². The minimum atomic E-state index is -0.339. The summed E-state index contributed by atoms with van der Waals surface area (Å²) in [5.74, 6) is 0.468. The van der Waals surface area contributed by atoms with Crippen LogP contribution in [0.4, 0.5) is 5.95 Å². The quantitative estimate of drug-likeness (QED) is 0.307. The van der Waals surface area contributed by atoms with E-state index in [1.165, 1.54) is 0 Å². The average molecular weight is 539 g/mol. The Kier molecular flexibility index (Phi) is 8.26. The van der Waals surface area contributed by atoms with Gasteiger partial charge in [-0.3, -0.25) is 19.5 Å². The van der Waals surface area contributed by atoms with Gasteiger partial charge in [0.1, 0.15) is 12.3 Å². The molecule has 0 aliphatic carbocycles. The number of carbonyl (C=O) groups is 2. The number of imidazole rings is 1. The molecule has 5 rings (SSSR count). The zero-order valence-electron chi connectivity index (χ0n) is 23.1. The van der Waals surface area contributed by atoms with Crippen LogP contribution < -0.4 is 10.1 Å². The van der Waals surface area contributed by atoms with Gasteiger partial charge in [0.25, 0.3) is 5.91 Å². The molecule has 1 saturated heterocycles. The van der Waals surface area contributed by atoms with Gasteiger partial charge < -0.3 is 14.4 Å². The topological polar surface area (TPSA) is 85.7 Å². The van der Waals surface area contributed by atoms with Crippen LogP contribution in [-0.2, 0) is 9.53 Å². The molecule has 1 N–H and O–H groups in total. The largest absolute Gasteiger partial charge is 0.497 e. The monoisotopic (exact) mass is 538 g/mol. The highest BCUT2D eigenvalue weighted by atomic mass is 16.5. The smallest absolute Gasteiger partial charge is 0.254 e. The highest BCUT2D eigenvalue weighted by molar-refractivity contribution is 5.99. The van der Waals surface area contributed by atoms with Gasteiger partial charge in [-0.1, -0.05) is 47.5 Å². The van der Waals surface area contributed by atoms with Gasteiger partial charge in [-0.2, -0.15) is 0 Å². The molecule has 8 heteroatoms. The summed E-state index contributed by atoms with van der Waals surface area (Å²) in [5.41, 5.74) is 5.33. The van der Waals surface area contributed by atoms with Gasteiger partial charge in [0.2, 0.25) is 11.9 Å². The van der Waals surface area contributed by atoms with E-state index in [9.17, 15) is 9.59 Å². The Hall–Kier alpha value is -4.43. The van der Waals surface area contributed by atoms with Crippen LogP contribution in [0, 0.1) is 13.8 Å². The van der Waals surface area contributed by atoms with Gasteiger partial charge in [-0.15, -0.1) is 0 Å². The zero-order valence-corrected chi connectivity index (χ0v) is 23.1. The summed E-state index contributed by atoms with van der Waals surface area (Å²) in [6.45, 7) is 4.93. The third-order valence-corrected chi connectivity index (χ3v) is 7.02.